The predicted molar refractivity (Wildman–Crippen MR) is 42.2 cm³/mol. The van der Waals surface area contributed by atoms with E-state index in [1.54, 1.807) is 0 Å². The summed E-state index contributed by atoms with van der Waals surface area (Å²) < 4.78 is 0. The van der Waals surface area contributed by atoms with Gasteiger partial charge in [0, 0.05) is 26.2 Å². The van der Waals surface area contributed by atoms with Crippen LogP contribution in [0.5, 0.6) is 0 Å². The van der Waals surface area contributed by atoms with Crippen LogP contribution in [0.1, 0.15) is 12.8 Å². The lowest BCUT2D eigenvalue weighted by atomic mass is 10.3. The van der Waals surface area contributed by atoms with Crippen molar-refractivity contribution in [3.63, 3.8) is 0 Å². The van der Waals surface area contributed by atoms with Crippen LogP contribution >= 0.6 is 0 Å². The molecule has 2 rings (SSSR count). The second-order valence-electron chi connectivity index (χ2n) is 3.52. The first-order valence-corrected chi connectivity index (χ1v) is 4.25. The van der Waals surface area contributed by atoms with Crippen LogP contribution in [-0.2, 0) is 4.79 Å². The Morgan fingerprint density at radius 3 is 2.64 bits per heavy atom. The molecule has 0 spiro atoms. The van der Waals surface area contributed by atoms with Crippen LogP contribution in [0.4, 0.5) is 0 Å². The number of carbonyl (C=O) groups excluding carboxylic acids is 1. The smallest absolute Gasteiger partial charge is 0.236 e. The van der Waals surface area contributed by atoms with E-state index in [0.29, 0.717) is 6.54 Å². The molecule has 1 amide bonds. The number of likely N-dealkylation sites (N-methyl/N-ethyl adjacent to an activating group) is 1. The van der Waals surface area contributed by atoms with Crippen LogP contribution in [0.3, 0.4) is 0 Å². The first-order chi connectivity index (χ1) is 5.27. The molecule has 3 nitrogen and oxygen atoms in total. The van der Waals surface area contributed by atoms with Gasteiger partial charge in [-0.1, -0.05) is 0 Å². The number of carbonyl (C=O) groups is 1. The summed E-state index contributed by atoms with van der Waals surface area (Å²) in [6, 6.07) is 0.743. The molecule has 0 aromatic carbocycles. The van der Waals surface area contributed by atoms with E-state index in [9.17, 15) is 4.79 Å². The number of amides is 1. The molecule has 0 radical (unpaired) electrons. The van der Waals surface area contributed by atoms with Crippen molar-refractivity contribution in [1.82, 2.24) is 9.80 Å². The Hall–Kier alpha value is -0.570. The highest BCUT2D eigenvalue weighted by Gasteiger charge is 2.33. The van der Waals surface area contributed by atoms with Gasteiger partial charge in [0.2, 0.25) is 5.91 Å². The monoisotopic (exact) mass is 154 g/mol. The molecule has 62 valence electrons. The summed E-state index contributed by atoms with van der Waals surface area (Å²) in [6.07, 6.45) is 2.61. The first kappa shape index (κ1) is 7.10. The SMILES string of the molecule is CN1CCN(C2CC2)CC1=O. The Morgan fingerprint density at radius 2 is 2.09 bits per heavy atom. The lowest BCUT2D eigenvalue weighted by molar-refractivity contribution is -0.134. The van der Waals surface area contributed by atoms with Crippen molar-refractivity contribution in [2.75, 3.05) is 26.7 Å². The Kier molecular flexibility index (Phi) is 1.60. The maximum Gasteiger partial charge on any atom is 0.236 e. The number of piperazine rings is 1. The van der Waals surface area contributed by atoms with E-state index in [0.717, 1.165) is 19.1 Å². The molecule has 0 aromatic rings. The van der Waals surface area contributed by atoms with E-state index < -0.39 is 0 Å². The largest absolute Gasteiger partial charge is 0.343 e. The average molecular weight is 154 g/mol. The Morgan fingerprint density at radius 1 is 1.36 bits per heavy atom. The molecule has 1 saturated carbocycles. The molecule has 0 unspecified atom stereocenters. The predicted octanol–water partition coefficient (Wildman–Crippen LogP) is -0.0772. The third kappa shape index (κ3) is 1.38. The van der Waals surface area contributed by atoms with Gasteiger partial charge in [0.15, 0.2) is 0 Å². The number of hydrogen-bond donors (Lipinski definition) is 0. The van der Waals surface area contributed by atoms with Gasteiger partial charge in [-0.15, -0.1) is 0 Å². The fourth-order valence-corrected chi connectivity index (χ4v) is 1.53. The quantitative estimate of drug-likeness (QED) is 0.527. The molecule has 3 heteroatoms. The van der Waals surface area contributed by atoms with Crippen LogP contribution in [0.25, 0.3) is 0 Å². The summed E-state index contributed by atoms with van der Waals surface area (Å²) in [5.41, 5.74) is 0. The molecule has 0 N–H and O–H groups in total. The summed E-state index contributed by atoms with van der Waals surface area (Å²) >= 11 is 0. The van der Waals surface area contributed by atoms with Gasteiger partial charge in [-0.25, -0.2) is 0 Å². The number of nitrogens with zero attached hydrogens (tertiary/aromatic N) is 2. The molecule has 0 atom stereocenters. The summed E-state index contributed by atoms with van der Waals surface area (Å²) in [4.78, 5) is 15.3. The molecular formula is C8H14N2O. The minimum Gasteiger partial charge on any atom is -0.343 e. The Balaban J connectivity index is 1.91. The zero-order valence-electron chi connectivity index (χ0n) is 6.92. The molecule has 2 aliphatic rings. The third-order valence-electron chi connectivity index (χ3n) is 2.55. The van der Waals surface area contributed by atoms with Gasteiger partial charge in [0.1, 0.15) is 0 Å². The highest BCUT2D eigenvalue weighted by molar-refractivity contribution is 5.78. The van der Waals surface area contributed by atoms with E-state index in [-0.39, 0.29) is 5.91 Å². The van der Waals surface area contributed by atoms with Crippen molar-refractivity contribution in [3.05, 3.63) is 0 Å². The van der Waals surface area contributed by atoms with Crippen molar-refractivity contribution in [3.8, 4) is 0 Å². The van der Waals surface area contributed by atoms with Crippen LogP contribution in [-0.4, -0.2) is 48.4 Å². The molecule has 2 fully saturated rings. The second-order valence-corrected chi connectivity index (χ2v) is 3.52. The Bertz CT molecular complexity index is 177. The Labute approximate surface area is 67.0 Å². The van der Waals surface area contributed by atoms with Gasteiger partial charge in [0.25, 0.3) is 0 Å². The molecule has 1 aliphatic carbocycles. The average Bonchev–Trinajstić information content (AvgIpc) is 2.77. The number of rotatable bonds is 1. The molecule has 1 saturated heterocycles. The first-order valence-electron chi connectivity index (χ1n) is 4.25. The van der Waals surface area contributed by atoms with Crippen molar-refractivity contribution < 1.29 is 4.79 Å². The molecule has 11 heavy (non-hydrogen) atoms. The van der Waals surface area contributed by atoms with Gasteiger partial charge < -0.3 is 4.90 Å². The minimum absolute atomic E-state index is 0.281. The van der Waals surface area contributed by atoms with Gasteiger partial charge in [-0.2, -0.15) is 0 Å². The number of hydrogen-bond acceptors (Lipinski definition) is 2. The van der Waals surface area contributed by atoms with Crippen LogP contribution in [0.15, 0.2) is 0 Å². The van der Waals surface area contributed by atoms with Gasteiger partial charge >= 0.3 is 0 Å². The lowest BCUT2D eigenvalue weighted by Crippen LogP contribution is -2.49. The summed E-state index contributed by atoms with van der Waals surface area (Å²) in [7, 11) is 1.88. The van der Waals surface area contributed by atoms with Crippen molar-refractivity contribution in [1.29, 1.82) is 0 Å². The maximum atomic E-state index is 11.2. The minimum atomic E-state index is 0.281. The van der Waals surface area contributed by atoms with E-state index in [4.69, 9.17) is 0 Å². The summed E-state index contributed by atoms with van der Waals surface area (Å²) in [5, 5.41) is 0. The topological polar surface area (TPSA) is 23.6 Å². The van der Waals surface area contributed by atoms with Gasteiger partial charge in [-0.05, 0) is 12.8 Å². The van der Waals surface area contributed by atoms with E-state index >= 15 is 0 Å². The van der Waals surface area contributed by atoms with Crippen LogP contribution in [0, 0.1) is 0 Å². The van der Waals surface area contributed by atoms with Crippen molar-refractivity contribution in [2.45, 2.75) is 18.9 Å². The normalized spacial score (nSPS) is 27.7. The third-order valence-corrected chi connectivity index (χ3v) is 2.55. The zero-order valence-corrected chi connectivity index (χ0v) is 6.92. The van der Waals surface area contributed by atoms with E-state index in [1.165, 1.54) is 12.8 Å². The standard InChI is InChI=1S/C8H14N2O/c1-9-4-5-10(6-8(9)11)7-2-3-7/h7H,2-6H2,1H3. The maximum absolute atomic E-state index is 11.2. The highest BCUT2D eigenvalue weighted by Crippen LogP contribution is 2.27. The molecule has 1 heterocycles. The van der Waals surface area contributed by atoms with Crippen LogP contribution in [0.2, 0.25) is 0 Å². The summed E-state index contributed by atoms with van der Waals surface area (Å²) in [5.74, 6) is 0.281. The fraction of sp³-hybridized carbons (Fsp3) is 0.875. The zero-order chi connectivity index (χ0) is 7.84. The second kappa shape index (κ2) is 2.48. The van der Waals surface area contributed by atoms with Crippen molar-refractivity contribution >= 4 is 5.91 Å². The fourth-order valence-electron chi connectivity index (χ4n) is 1.53. The van der Waals surface area contributed by atoms with Crippen LogP contribution < -0.4 is 0 Å². The summed E-state index contributed by atoms with van der Waals surface area (Å²) in [6.45, 7) is 2.64. The van der Waals surface area contributed by atoms with E-state index in [2.05, 4.69) is 4.90 Å². The molecular weight excluding hydrogens is 140 g/mol. The lowest BCUT2D eigenvalue weighted by Gasteiger charge is -2.31. The molecule has 0 bridgehead atoms. The highest BCUT2D eigenvalue weighted by atomic mass is 16.2. The van der Waals surface area contributed by atoms with Gasteiger partial charge in [0.05, 0.1) is 6.54 Å². The van der Waals surface area contributed by atoms with E-state index in [1.807, 2.05) is 11.9 Å². The van der Waals surface area contributed by atoms with Gasteiger partial charge in [-0.3, -0.25) is 9.69 Å². The molecule has 0 aromatic heterocycles. The molecule has 1 aliphatic heterocycles. The van der Waals surface area contributed by atoms with Crippen molar-refractivity contribution in [2.24, 2.45) is 0 Å².